The molecule has 0 saturated heterocycles. The lowest BCUT2D eigenvalue weighted by atomic mass is 9.71. The summed E-state index contributed by atoms with van der Waals surface area (Å²) in [6.07, 6.45) is 7.71. The maximum Gasteiger partial charge on any atom is 0.0699 e. The average molecular weight is 374 g/mol. The molecule has 2 heterocycles. The summed E-state index contributed by atoms with van der Waals surface area (Å²) < 4.78 is 0. The molecule has 2 aliphatic heterocycles. The van der Waals surface area contributed by atoms with Crippen LogP contribution in [0.4, 0.5) is 11.4 Å². The van der Waals surface area contributed by atoms with E-state index in [2.05, 4.69) is 103 Å². The summed E-state index contributed by atoms with van der Waals surface area (Å²) in [5.41, 5.74) is 9.62. The second-order valence-corrected chi connectivity index (χ2v) is 8.18. The molecule has 2 heteroatoms. The van der Waals surface area contributed by atoms with Crippen molar-refractivity contribution in [2.75, 3.05) is 5.32 Å². The lowest BCUT2D eigenvalue weighted by Crippen LogP contribution is -2.32. The van der Waals surface area contributed by atoms with E-state index >= 15 is 0 Å². The number of aliphatic imine (C=N–C) groups is 1. The normalized spacial score (nSPS) is 23.6. The van der Waals surface area contributed by atoms with Crippen LogP contribution in [-0.2, 0) is 5.41 Å². The summed E-state index contributed by atoms with van der Waals surface area (Å²) in [5.74, 6) is 0. The van der Waals surface area contributed by atoms with Crippen molar-refractivity contribution in [2.45, 2.75) is 24.8 Å². The third kappa shape index (κ3) is 2.26. The Kier molecular flexibility index (Phi) is 3.45. The fourth-order valence-electron chi connectivity index (χ4n) is 5.15. The number of fused-ring (bicyclic) bond motifs is 5. The van der Waals surface area contributed by atoms with Crippen LogP contribution in [0.15, 0.2) is 96.0 Å². The lowest BCUT2D eigenvalue weighted by molar-refractivity contribution is 0.793. The number of hydrogen-bond donors (Lipinski definition) is 1. The molecule has 0 bridgehead atoms. The van der Waals surface area contributed by atoms with Gasteiger partial charge in [-0.25, -0.2) is 0 Å². The molecule has 0 spiro atoms. The van der Waals surface area contributed by atoms with E-state index in [1.165, 1.54) is 33.5 Å². The Morgan fingerprint density at radius 1 is 0.931 bits per heavy atom. The first-order chi connectivity index (χ1) is 14.3. The fraction of sp³-hybridized carbons (Fsp3) is 0.148. The van der Waals surface area contributed by atoms with Gasteiger partial charge in [0.15, 0.2) is 0 Å². The van der Waals surface area contributed by atoms with Gasteiger partial charge in [0.05, 0.1) is 22.9 Å². The highest BCUT2D eigenvalue weighted by molar-refractivity contribution is 6.16. The van der Waals surface area contributed by atoms with Crippen LogP contribution in [0.2, 0.25) is 0 Å². The number of nitrogens with zero attached hydrogens (tertiary/aromatic N) is 1. The Balaban J connectivity index is 1.63. The van der Waals surface area contributed by atoms with E-state index in [0.29, 0.717) is 6.04 Å². The van der Waals surface area contributed by atoms with Crippen LogP contribution in [0.5, 0.6) is 0 Å². The molecule has 3 aromatic rings. The third-order valence-electron chi connectivity index (χ3n) is 6.58. The molecule has 6 rings (SSSR count). The van der Waals surface area contributed by atoms with Gasteiger partial charge < -0.3 is 5.32 Å². The summed E-state index contributed by atoms with van der Waals surface area (Å²) in [7, 11) is 0. The van der Waals surface area contributed by atoms with Crippen LogP contribution < -0.4 is 5.32 Å². The van der Waals surface area contributed by atoms with Gasteiger partial charge in [0.2, 0.25) is 0 Å². The monoisotopic (exact) mass is 374 g/mol. The van der Waals surface area contributed by atoms with Gasteiger partial charge in [-0.2, -0.15) is 0 Å². The molecule has 140 valence electrons. The van der Waals surface area contributed by atoms with Gasteiger partial charge in [-0.15, -0.1) is 0 Å². The van der Waals surface area contributed by atoms with Gasteiger partial charge in [0.1, 0.15) is 0 Å². The number of nitrogens with one attached hydrogen (secondary N) is 1. The maximum absolute atomic E-state index is 5.19. The van der Waals surface area contributed by atoms with Crippen molar-refractivity contribution in [3.8, 4) is 0 Å². The second kappa shape index (κ2) is 6.05. The molecule has 3 aromatic carbocycles. The summed E-state index contributed by atoms with van der Waals surface area (Å²) in [6, 6.07) is 26.2. The Hall–Kier alpha value is -3.39. The van der Waals surface area contributed by atoms with Crippen molar-refractivity contribution in [3.63, 3.8) is 0 Å². The van der Waals surface area contributed by atoms with Crippen molar-refractivity contribution in [3.05, 3.63) is 113 Å². The highest BCUT2D eigenvalue weighted by Crippen LogP contribution is 2.54. The van der Waals surface area contributed by atoms with Crippen molar-refractivity contribution in [2.24, 2.45) is 4.99 Å². The van der Waals surface area contributed by atoms with Crippen LogP contribution in [0.25, 0.3) is 5.57 Å². The molecule has 29 heavy (non-hydrogen) atoms. The van der Waals surface area contributed by atoms with E-state index in [-0.39, 0.29) is 5.41 Å². The maximum atomic E-state index is 5.19. The summed E-state index contributed by atoms with van der Waals surface area (Å²) in [6.45, 7) is 2.33. The number of benzene rings is 3. The minimum atomic E-state index is -0.308. The van der Waals surface area contributed by atoms with E-state index in [1.807, 2.05) is 0 Å². The zero-order valence-electron chi connectivity index (χ0n) is 16.4. The van der Waals surface area contributed by atoms with Crippen molar-refractivity contribution < 1.29 is 0 Å². The topological polar surface area (TPSA) is 24.4 Å². The van der Waals surface area contributed by atoms with E-state index in [0.717, 1.165) is 17.8 Å². The Labute approximate surface area is 171 Å². The van der Waals surface area contributed by atoms with Gasteiger partial charge in [-0.05, 0) is 36.1 Å². The van der Waals surface area contributed by atoms with E-state index in [9.17, 15) is 0 Å². The predicted octanol–water partition coefficient (Wildman–Crippen LogP) is 6.26. The van der Waals surface area contributed by atoms with Crippen LogP contribution in [0, 0.1) is 0 Å². The molecule has 1 aliphatic carbocycles. The number of rotatable bonds is 2. The Morgan fingerprint density at radius 2 is 1.69 bits per heavy atom. The number of allylic oxidation sites excluding steroid dienone is 2. The second-order valence-electron chi connectivity index (χ2n) is 8.18. The zero-order chi connectivity index (χ0) is 19.4. The highest BCUT2D eigenvalue weighted by atomic mass is 15.0. The van der Waals surface area contributed by atoms with Gasteiger partial charge in [-0.1, -0.05) is 85.0 Å². The third-order valence-corrected chi connectivity index (χ3v) is 6.58. The number of anilines is 1. The van der Waals surface area contributed by atoms with Crippen molar-refractivity contribution in [1.82, 2.24) is 0 Å². The Morgan fingerprint density at radius 3 is 2.48 bits per heavy atom. The summed E-state index contributed by atoms with van der Waals surface area (Å²) in [4.78, 5) is 5.19. The fourth-order valence-corrected chi connectivity index (χ4v) is 5.15. The Bertz CT molecular complexity index is 1200. The molecular formula is C27H22N2. The zero-order valence-corrected chi connectivity index (χ0v) is 16.4. The minimum absolute atomic E-state index is 0.308. The summed E-state index contributed by atoms with van der Waals surface area (Å²) in [5, 5.41) is 3.84. The van der Waals surface area contributed by atoms with Crippen LogP contribution in [0.1, 0.15) is 35.6 Å². The molecule has 3 aliphatic rings. The molecular weight excluding hydrogens is 352 g/mol. The van der Waals surface area contributed by atoms with Gasteiger partial charge in [0, 0.05) is 16.8 Å². The van der Waals surface area contributed by atoms with Gasteiger partial charge >= 0.3 is 0 Å². The van der Waals surface area contributed by atoms with Gasteiger partial charge in [-0.3, -0.25) is 4.99 Å². The number of hydrogen-bond acceptors (Lipinski definition) is 2. The first-order valence-corrected chi connectivity index (χ1v) is 10.3. The minimum Gasteiger partial charge on any atom is -0.377 e. The molecule has 0 aromatic heterocycles. The van der Waals surface area contributed by atoms with E-state index < -0.39 is 0 Å². The molecule has 0 saturated carbocycles. The highest BCUT2D eigenvalue weighted by Gasteiger charge is 2.45. The molecule has 0 amide bonds. The van der Waals surface area contributed by atoms with Crippen LogP contribution >= 0.6 is 0 Å². The molecule has 1 N–H and O–H groups in total. The van der Waals surface area contributed by atoms with E-state index in [4.69, 9.17) is 4.99 Å². The molecule has 0 radical (unpaired) electrons. The first kappa shape index (κ1) is 16.6. The smallest absolute Gasteiger partial charge is 0.0699 e. The standard InChI is InChI=1S/C27H22N2/c1-27(19-12-6-3-7-13-19)24-23(29-26(27)18-10-4-2-5-11-18)17-16-21-20-14-8-9-15-22(20)28-25(21)24/h2-14,16-17,22,28H,15H2,1H3. The van der Waals surface area contributed by atoms with Gasteiger partial charge in [0.25, 0.3) is 0 Å². The average Bonchev–Trinajstić information content (AvgIpc) is 3.31. The molecule has 2 atom stereocenters. The van der Waals surface area contributed by atoms with E-state index in [1.54, 1.807) is 0 Å². The summed E-state index contributed by atoms with van der Waals surface area (Å²) >= 11 is 0. The predicted molar refractivity (Wildman–Crippen MR) is 121 cm³/mol. The lowest BCUT2D eigenvalue weighted by Gasteiger charge is -2.30. The molecule has 0 fully saturated rings. The van der Waals surface area contributed by atoms with Crippen LogP contribution in [-0.4, -0.2) is 11.8 Å². The van der Waals surface area contributed by atoms with Crippen molar-refractivity contribution in [1.29, 1.82) is 0 Å². The van der Waals surface area contributed by atoms with Crippen LogP contribution in [0.3, 0.4) is 0 Å². The quantitative estimate of drug-likeness (QED) is 0.562. The van der Waals surface area contributed by atoms with Crippen molar-refractivity contribution >= 4 is 22.7 Å². The molecule has 2 nitrogen and oxygen atoms in total. The SMILES string of the molecule is CC1(c2ccccc2)C(c2ccccc2)=Nc2ccc3c(c21)NC1CC=CC=C31. The molecule has 2 unspecified atom stereocenters. The first-order valence-electron chi connectivity index (χ1n) is 10.3. The largest absolute Gasteiger partial charge is 0.377 e.